The summed E-state index contributed by atoms with van der Waals surface area (Å²) in [6, 6.07) is 11.9. The van der Waals surface area contributed by atoms with E-state index in [9.17, 15) is 0 Å². The summed E-state index contributed by atoms with van der Waals surface area (Å²) in [6.45, 7) is 9.72. The van der Waals surface area contributed by atoms with Crippen molar-refractivity contribution in [1.29, 1.82) is 0 Å². The van der Waals surface area contributed by atoms with Crippen molar-refractivity contribution in [1.82, 2.24) is 0 Å². The zero-order valence-corrected chi connectivity index (χ0v) is 16.8. The highest BCUT2D eigenvalue weighted by Crippen LogP contribution is 2.41. The van der Waals surface area contributed by atoms with Gasteiger partial charge in [-0.25, -0.2) is 0 Å². The zero-order chi connectivity index (χ0) is 18.9. The van der Waals surface area contributed by atoms with Crippen LogP contribution in [0, 0.1) is 0 Å². The molecule has 1 aliphatic rings. The minimum atomic E-state index is -0.0225. The molecule has 1 heterocycles. The quantitative estimate of drug-likeness (QED) is 0.607. The zero-order valence-electron chi connectivity index (χ0n) is 16.0. The molecule has 2 aromatic rings. The van der Waals surface area contributed by atoms with Crippen LogP contribution in [-0.4, -0.2) is 25.4 Å². The highest BCUT2D eigenvalue weighted by molar-refractivity contribution is 6.33. The van der Waals surface area contributed by atoms with Gasteiger partial charge in [0, 0.05) is 35.6 Å². The van der Waals surface area contributed by atoms with Crippen LogP contribution in [-0.2, 0) is 0 Å². The summed E-state index contributed by atoms with van der Waals surface area (Å²) in [4.78, 5) is 6.94. The molecule has 2 aromatic carbocycles. The fourth-order valence-corrected chi connectivity index (χ4v) is 3.83. The maximum atomic E-state index is 6.59. The molecule has 1 aliphatic heterocycles. The van der Waals surface area contributed by atoms with E-state index >= 15 is 0 Å². The molecule has 4 heteroatoms. The van der Waals surface area contributed by atoms with Crippen molar-refractivity contribution in [3.8, 4) is 5.75 Å². The van der Waals surface area contributed by atoms with Gasteiger partial charge in [0.15, 0.2) is 0 Å². The number of allylic oxidation sites excluding steroid dienone is 1. The van der Waals surface area contributed by atoms with E-state index in [4.69, 9.17) is 16.3 Å². The number of fused-ring (bicyclic) bond motifs is 1. The van der Waals surface area contributed by atoms with Crippen LogP contribution in [0.1, 0.15) is 38.8 Å². The standard InChI is InChI=1S/C22H25ClN2O/c1-6-25-21-12-20(23)16(10-19(21)15(2)13-22(25,3)4)14-24-17-8-7-9-18(11-17)26-5/h7-14H,6H2,1-5H3. The Kier molecular flexibility index (Phi) is 5.10. The highest BCUT2D eigenvalue weighted by Gasteiger charge is 2.30. The molecule has 0 saturated heterocycles. The number of methoxy groups -OCH3 is 1. The van der Waals surface area contributed by atoms with Gasteiger partial charge in [-0.1, -0.05) is 23.7 Å². The van der Waals surface area contributed by atoms with Crippen LogP contribution in [0.3, 0.4) is 0 Å². The molecule has 0 amide bonds. The fraction of sp³-hybridized carbons (Fsp3) is 0.318. The molecular weight excluding hydrogens is 344 g/mol. The molecule has 0 saturated carbocycles. The molecule has 0 aliphatic carbocycles. The van der Waals surface area contributed by atoms with E-state index in [1.807, 2.05) is 30.5 Å². The van der Waals surface area contributed by atoms with E-state index in [-0.39, 0.29) is 5.54 Å². The van der Waals surface area contributed by atoms with Gasteiger partial charge in [-0.2, -0.15) is 0 Å². The fourth-order valence-electron chi connectivity index (χ4n) is 3.63. The van der Waals surface area contributed by atoms with Crippen LogP contribution in [0.4, 0.5) is 11.4 Å². The molecule has 0 N–H and O–H groups in total. The number of rotatable bonds is 4. The van der Waals surface area contributed by atoms with Crippen molar-refractivity contribution >= 4 is 34.8 Å². The smallest absolute Gasteiger partial charge is 0.121 e. The Morgan fingerprint density at radius 2 is 2.00 bits per heavy atom. The third-order valence-corrected chi connectivity index (χ3v) is 5.15. The van der Waals surface area contributed by atoms with Crippen LogP contribution in [0.25, 0.3) is 5.57 Å². The average molecular weight is 369 g/mol. The Morgan fingerprint density at radius 1 is 1.23 bits per heavy atom. The van der Waals surface area contributed by atoms with Crippen molar-refractivity contribution in [2.75, 3.05) is 18.6 Å². The summed E-state index contributed by atoms with van der Waals surface area (Å²) in [5.41, 5.74) is 5.38. The van der Waals surface area contributed by atoms with Crippen LogP contribution in [0.2, 0.25) is 5.02 Å². The largest absolute Gasteiger partial charge is 0.497 e. The lowest BCUT2D eigenvalue weighted by atomic mass is 9.88. The van der Waals surface area contributed by atoms with Crippen molar-refractivity contribution < 1.29 is 4.74 Å². The number of likely N-dealkylation sites (N-methyl/N-ethyl adjacent to an activating group) is 1. The van der Waals surface area contributed by atoms with Gasteiger partial charge in [0.05, 0.1) is 23.4 Å². The lowest BCUT2D eigenvalue weighted by Crippen LogP contribution is -2.44. The van der Waals surface area contributed by atoms with Gasteiger partial charge < -0.3 is 9.64 Å². The van der Waals surface area contributed by atoms with E-state index in [1.165, 1.54) is 16.8 Å². The van der Waals surface area contributed by atoms with Crippen LogP contribution >= 0.6 is 11.6 Å². The molecule has 0 radical (unpaired) electrons. The van der Waals surface area contributed by atoms with Gasteiger partial charge in [-0.15, -0.1) is 0 Å². The molecule has 0 fully saturated rings. The Balaban J connectivity index is 2.01. The number of hydrogen-bond donors (Lipinski definition) is 0. The predicted molar refractivity (Wildman–Crippen MR) is 112 cm³/mol. The topological polar surface area (TPSA) is 24.8 Å². The van der Waals surface area contributed by atoms with Gasteiger partial charge in [-0.05, 0) is 57.5 Å². The minimum Gasteiger partial charge on any atom is -0.497 e. The third kappa shape index (κ3) is 3.49. The number of benzene rings is 2. The number of nitrogens with zero attached hydrogens (tertiary/aromatic N) is 2. The maximum Gasteiger partial charge on any atom is 0.121 e. The first-order valence-electron chi connectivity index (χ1n) is 8.85. The van der Waals surface area contributed by atoms with Gasteiger partial charge in [0.25, 0.3) is 0 Å². The molecular formula is C22H25ClN2O. The number of aliphatic imine (C=N–C) groups is 1. The van der Waals surface area contributed by atoms with Gasteiger partial charge in [-0.3, -0.25) is 4.99 Å². The highest BCUT2D eigenvalue weighted by atomic mass is 35.5. The molecule has 0 aromatic heterocycles. The molecule has 0 unspecified atom stereocenters. The second-order valence-corrected chi connectivity index (χ2v) is 7.48. The van der Waals surface area contributed by atoms with Crippen LogP contribution in [0.5, 0.6) is 5.75 Å². The number of ether oxygens (including phenoxy) is 1. The average Bonchev–Trinajstić information content (AvgIpc) is 2.60. The van der Waals surface area contributed by atoms with E-state index in [0.717, 1.165) is 23.5 Å². The van der Waals surface area contributed by atoms with Gasteiger partial charge in [0.1, 0.15) is 5.75 Å². The Bertz CT molecular complexity index is 884. The van der Waals surface area contributed by atoms with Crippen molar-refractivity contribution in [2.45, 2.75) is 33.2 Å². The molecule has 3 nitrogen and oxygen atoms in total. The van der Waals surface area contributed by atoms with Gasteiger partial charge >= 0.3 is 0 Å². The van der Waals surface area contributed by atoms with Crippen LogP contribution in [0.15, 0.2) is 47.5 Å². The summed E-state index contributed by atoms with van der Waals surface area (Å²) in [5.74, 6) is 0.788. The van der Waals surface area contributed by atoms with Crippen LogP contribution < -0.4 is 9.64 Å². The Labute approximate surface area is 161 Å². The molecule has 0 bridgehead atoms. The second-order valence-electron chi connectivity index (χ2n) is 7.08. The third-order valence-electron chi connectivity index (χ3n) is 4.82. The Morgan fingerprint density at radius 3 is 2.69 bits per heavy atom. The van der Waals surface area contributed by atoms with Crippen molar-refractivity contribution in [3.63, 3.8) is 0 Å². The SMILES string of the molecule is CCN1c2cc(Cl)c(C=Nc3cccc(OC)c3)cc2C(C)=CC1(C)C. The predicted octanol–water partition coefficient (Wildman–Crippen LogP) is 6.12. The summed E-state index contributed by atoms with van der Waals surface area (Å²) in [5, 5.41) is 0.708. The normalized spacial score (nSPS) is 15.8. The molecule has 26 heavy (non-hydrogen) atoms. The van der Waals surface area contributed by atoms with E-state index in [2.05, 4.69) is 55.8 Å². The van der Waals surface area contributed by atoms with E-state index < -0.39 is 0 Å². The minimum absolute atomic E-state index is 0.0225. The first-order valence-corrected chi connectivity index (χ1v) is 9.22. The first kappa shape index (κ1) is 18.5. The van der Waals surface area contributed by atoms with Crippen molar-refractivity contribution in [2.24, 2.45) is 4.99 Å². The molecule has 136 valence electrons. The second kappa shape index (κ2) is 7.16. The van der Waals surface area contributed by atoms with E-state index in [1.54, 1.807) is 7.11 Å². The Hall–Kier alpha value is -2.26. The maximum absolute atomic E-state index is 6.59. The summed E-state index contributed by atoms with van der Waals surface area (Å²) < 4.78 is 5.25. The summed E-state index contributed by atoms with van der Waals surface area (Å²) in [6.07, 6.45) is 4.14. The molecule has 0 spiro atoms. The lowest BCUT2D eigenvalue weighted by Gasteiger charge is -2.43. The number of halogens is 1. The monoisotopic (exact) mass is 368 g/mol. The summed E-state index contributed by atoms with van der Waals surface area (Å²) >= 11 is 6.59. The van der Waals surface area contributed by atoms with Crippen molar-refractivity contribution in [3.05, 3.63) is 58.6 Å². The van der Waals surface area contributed by atoms with Gasteiger partial charge in [0.2, 0.25) is 0 Å². The summed E-state index contributed by atoms with van der Waals surface area (Å²) in [7, 11) is 1.65. The van der Waals surface area contributed by atoms with E-state index in [0.29, 0.717) is 5.02 Å². The number of hydrogen-bond acceptors (Lipinski definition) is 3. The molecule has 3 rings (SSSR count). The molecule has 0 atom stereocenters. The number of anilines is 1. The first-order chi connectivity index (χ1) is 12.4. The lowest BCUT2D eigenvalue weighted by molar-refractivity contribution is 0.415.